The maximum atomic E-state index is 12.4. The van der Waals surface area contributed by atoms with Crippen LogP contribution in [0.3, 0.4) is 0 Å². The predicted molar refractivity (Wildman–Crippen MR) is 218 cm³/mol. The number of fused-ring (bicyclic) bond motifs is 2. The summed E-state index contributed by atoms with van der Waals surface area (Å²) in [5.41, 5.74) is -0.0190. The molecule has 0 saturated carbocycles. The molecule has 8 atom stereocenters. The molecule has 324 valence electrons. The number of rotatable bonds is 12. The quantitative estimate of drug-likeness (QED) is 0.114. The third-order valence-electron chi connectivity index (χ3n) is 12.0. The van der Waals surface area contributed by atoms with Crippen LogP contribution >= 0.6 is 46.2 Å². The van der Waals surface area contributed by atoms with Crippen LogP contribution in [0, 0.1) is 23.7 Å². The Kier molecular flexibility index (Phi) is 16.8. The fraction of sp³-hybridized carbons (Fsp3) is 0.579. The van der Waals surface area contributed by atoms with Crippen LogP contribution in [0.15, 0.2) is 32.0 Å². The zero-order valence-electron chi connectivity index (χ0n) is 35.0. The summed E-state index contributed by atoms with van der Waals surface area (Å²) >= 11 is 5.58. The number of aliphatic hydroxyl groups excluding tert-OH is 2. The zero-order chi connectivity index (χ0) is 43.5. The average molecular weight is 951 g/mol. The molecule has 0 aromatic carbocycles. The van der Waals surface area contributed by atoms with E-state index in [4.69, 9.17) is 10.2 Å². The van der Waals surface area contributed by atoms with Crippen LogP contribution in [0.4, 0.5) is 10.3 Å². The van der Waals surface area contributed by atoms with E-state index in [1.54, 1.807) is 13.8 Å². The van der Waals surface area contributed by atoms with E-state index < -0.39 is 47.9 Å². The molecule has 2 amide bonds. The number of aromatic carboxylic acids is 2. The Balaban J connectivity index is 0.000000227. The summed E-state index contributed by atoms with van der Waals surface area (Å²) in [5.74, 6) is -7.02. The second-order valence-corrected chi connectivity index (χ2v) is 20.1. The molecule has 24 heteroatoms. The first-order valence-corrected chi connectivity index (χ1v) is 23.1. The molecule has 4 N–H and O–H groups in total. The van der Waals surface area contributed by atoms with Gasteiger partial charge in [-0.3, -0.25) is 9.59 Å². The maximum Gasteiger partial charge on any atom is 1.00 e. The molecule has 62 heavy (non-hydrogen) atoms. The van der Waals surface area contributed by atoms with Crippen molar-refractivity contribution in [2.75, 3.05) is 36.0 Å². The summed E-state index contributed by atoms with van der Waals surface area (Å²) in [6.45, 7) is 9.67. The smallest absolute Gasteiger partial charge is 0.543 e. The number of carbonyl (C=O) groups is 6. The first-order chi connectivity index (χ1) is 28.4. The Morgan fingerprint density at radius 1 is 0.677 bits per heavy atom. The van der Waals surface area contributed by atoms with Gasteiger partial charge in [-0.15, -0.1) is 46.2 Å². The monoisotopic (exact) mass is 950 g/mol. The Bertz CT molecular complexity index is 2000. The minimum Gasteiger partial charge on any atom is -0.543 e. The largest absolute Gasteiger partial charge is 1.00 e. The molecule has 18 nitrogen and oxygen atoms in total. The van der Waals surface area contributed by atoms with Gasteiger partial charge in [-0.1, -0.05) is 13.8 Å². The van der Waals surface area contributed by atoms with Gasteiger partial charge in [-0.25, -0.2) is 19.6 Å². The van der Waals surface area contributed by atoms with Gasteiger partial charge < -0.3 is 59.8 Å². The minimum absolute atomic E-state index is 0. The molecule has 6 aliphatic rings. The van der Waals surface area contributed by atoms with Gasteiger partial charge in [0.2, 0.25) is 11.8 Å². The first-order valence-electron chi connectivity index (χ1n) is 19.5. The number of amides is 2. The van der Waals surface area contributed by atoms with Gasteiger partial charge in [0.25, 0.3) is 0 Å². The molecule has 2 aromatic rings. The fourth-order valence-electron chi connectivity index (χ4n) is 9.04. The van der Waals surface area contributed by atoms with E-state index >= 15 is 0 Å². The number of nitrogens with zero attached hydrogens (tertiary/aromatic N) is 6. The minimum atomic E-state index is -1.36. The van der Waals surface area contributed by atoms with Crippen molar-refractivity contribution in [2.24, 2.45) is 23.7 Å². The number of aliphatic carboxylic acids is 2. The van der Waals surface area contributed by atoms with Crippen molar-refractivity contribution in [3.05, 3.63) is 43.4 Å². The molecule has 0 spiro atoms. The van der Waals surface area contributed by atoms with E-state index in [1.165, 1.54) is 66.8 Å². The van der Waals surface area contributed by atoms with Crippen LogP contribution in [-0.4, -0.2) is 137 Å². The van der Waals surface area contributed by atoms with Crippen LogP contribution in [0.1, 0.15) is 74.4 Å². The summed E-state index contributed by atoms with van der Waals surface area (Å²) in [5, 5.41) is 66.3. The number of aromatic nitrogens is 2. The Morgan fingerprint density at radius 3 is 1.26 bits per heavy atom. The first kappa shape index (κ1) is 50.8. The molecule has 0 radical (unpaired) electrons. The number of thiazole rings is 2. The van der Waals surface area contributed by atoms with E-state index in [9.17, 15) is 49.2 Å². The van der Waals surface area contributed by atoms with Gasteiger partial charge in [0.15, 0.2) is 21.7 Å². The molecule has 0 aliphatic carbocycles. The van der Waals surface area contributed by atoms with Gasteiger partial charge in [0.05, 0.1) is 59.5 Å². The topological polar surface area (TPSA) is 268 Å². The van der Waals surface area contributed by atoms with Crippen LogP contribution in [0.25, 0.3) is 0 Å². The summed E-state index contributed by atoms with van der Waals surface area (Å²) in [6, 6.07) is -0.671. The summed E-state index contributed by atoms with van der Waals surface area (Å²) in [7, 11) is 0. The number of anilines is 2. The predicted octanol–water partition coefficient (Wildman–Crippen LogP) is -5.27. The molecular formula is C38H44N6Na2O12S4. The number of carbonyl (C=O) groups excluding carboxylic acids is 4. The van der Waals surface area contributed by atoms with Crippen molar-refractivity contribution < 1.29 is 119 Å². The van der Waals surface area contributed by atoms with E-state index in [-0.39, 0.29) is 128 Å². The fourth-order valence-corrected chi connectivity index (χ4v) is 13.7. The molecule has 0 unspecified atom stereocenters. The Hall–Kier alpha value is -2.22. The van der Waals surface area contributed by atoms with Crippen molar-refractivity contribution in [2.45, 2.75) is 88.2 Å². The number of thioether (sulfide) groups is 2. The van der Waals surface area contributed by atoms with Gasteiger partial charge in [-0.2, -0.15) is 0 Å². The number of β-lactam (4-membered cyclic amide) rings is 2. The van der Waals surface area contributed by atoms with Gasteiger partial charge in [-0.05, 0) is 39.5 Å². The summed E-state index contributed by atoms with van der Waals surface area (Å²) in [6.07, 6.45) is 1.46. The molecule has 6 aliphatic heterocycles. The molecule has 8 heterocycles. The average Bonchev–Trinajstić information content (AvgIpc) is 3.97. The standard InChI is InChI=1S/2C19H23N3O6S2.2Na/c2*1-8-13-12(9(2)23)16(24)22(13)14(18(27)28)15(8)30-10-3-5-21(6-4-10)19-20-11(7-29-19)17(25)26;;/h2*7-10,12-13,23H,3-6H2,1-2H3,(H,25,26)(H,27,28);;/q;;2*+1/p-2/t2*8-,9-,12-,13-;;/m11../s1. The van der Waals surface area contributed by atoms with Gasteiger partial charge in [0, 0.05) is 69.1 Å². The van der Waals surface area contributed by atoms with Crippen molar-refractivity contribution in [1.82, 2.24) is 19.8 Å². The van der Waals surface area contributed by atoms with E-state index in [1.807, 2.05) is 23.6 Å². The molecule has 4 fully saturated rings. The van der Waals surface area contributed by atoms with Crippen LogP contribution in [0.2, 0.25) is 0 Å². The second-order valence-electron chi connectivity index (χ2n) is 15.8. The van der Waals surface area contributed by atoms with Crippen molar-refractivity contribution in [3.63, 3.8) is 0 Å². The van der Waals surface area contributed by atoms with Gasteiger partial charge in [0.1, 0.15) is 0 Å². The van der Waals surface area contributed by atoms with Crippen LogP contribution < -0.4 is 79.1 Å². The van der Waals surface area contributed by atoms with Crippen LogP contribution in [0.5, 0.6) is 0 Å². The summed E-state index contributed by atoms with van der Waals surface area (Å²) < 4.78 is 0. The zero-order valence-corrected chi connectivity index (χ0v) is 42.2. The Morgan fingerprint density at radius 2 is 1.00 bits per heavy atom. The van der Waals surface area contributed by atoms with Gasteiger partial charge >= 0.3 is 71.1 Å². The molecule has 2 aromatic heterocycles. The number of piperidine rings is 2. The summed E-state index contributed by atoms with van der Waals surface area (Å²) in [4.78, 5) is 86.7. The number of carboxylic acids is 4. The number of aliphatic hydroxyl groups is 2. The maximum absolute atomic E-state index is 12.4. The van der Waals surface area contributed by atoms with Crippen LogP contribution in [-0.2, 0) is 19.2 Å². The number of carboxylic acid groups (broad SMARTS) is 4. The molecule has 4 saturated heterocycles. The normalized spacial score (nSPS) is 26.9. The third-order valence-corrected chi connectivity index (χ3v) is 17.1. The van der Waals surface area contributed by atoms with E-state index in [0.29, 0.717) is 46.3 Å². The third kappa shape index (κ3) is 9.53. The Labute approximate surface area is 417 Å². The van der Waals surface area contributed by atoms with Crippen molar-refractivity contribution in [1.29, 1.82) is 0 Å². The van der Waals surface area contributed by atoms with E-state index in [2.05, 4.69) is 9.97 Å². The SMILES string of the molecule is C[C@@H](O)[C@H]1C(=O)N2C(C(=O)[O-])=C(SC3CCN(c4nc(C(=O)O)cs4)CC3)[C@H](C)[C@H]12.C[C@@H](O)[C@H]1C(=O)N2C(C(=O)[O-])=C(SC3CCN(c4nc(C(=O)O)cs4)CC3)[C@H](C)[C@H]12.[Na+].[Na+]. The molecular weight excluding hydrogens is 907 g/mol. The number of hydrogen-bond acceptors (Lipinski definition) is 18. The van der Waals surface area contributed by atoms with Crippen molar-refractivity contribution in [3.8, 4) is 0 Å². The number of hydrogen-bond donors (Lipinski definition) is 4. The second kappa shape index (κ2) is 20.5. The molecule has 0 bridgehead atoms. The molecule has 8 rings (SSSR count). The van der Waals surface area contributed by atoms with Crippen molar-refractivity contribution >= 4 is 92.2 Å². The van der Waals surface area contributed by atoms with E-state index in [0.717, 1.165) is 25.7 Å².